The second-order valence-corrected chi connectivity index (χ2v) is 3.69. The Balaban J connectivity index is 2.39. The van der Waals surface area contributed by atoms with Crippen molar-refractivity contribution in [2.45, 2.75) is 6.36 Å². The van der Waals surface area contributed by atoms with Gasteiger partial charge < -0.3 is 4.74 Å². The molecule has 0 aliphatic heterocycles. The Hall–Kier alpha value is -1.56. The molecule has 2 rings (SSSR count). The van der Waals surface area contributed by atoms with E-state index < -0.39 is 6.36 Å². The first-order valence-corrected chi connectivity index (χ1v) is 5.10. The molecular weight excluding hydrogens is 239 g/mol. The summed E-state index contributed by atoms with van der Waals surface area (Å²) in [5.41, 5.74) is 0.287. The van der Waals surface area contributed by atoms with E-state index in [9.17, 15) is 13.2 Å². The standard InChI is InChI=1S/C10H5F3NOS/c11-10(12,13)15-8-4-2-1-3-7(8)9-14-5-6-16-9/h1-3,5-6H. The predicted molar refractivity (Wildman–Crippen MR) is 53.1 cm³/mol. The quantitative estimate of drug-likeness (QED) is 0.806. The van der Waals surface area contributed by atoms with Crippen LogP contribution in [0.4, 0.5) is 13.2 Å². The first-order valence-electron chi connectivity index (χ1n) is 4.22. The average molecular weight is 244 g/mol. The zero-order chi connectivity index (χ0) is 11.6. The van der Waals surface area contributed by atoms with E-state index in [0.29, 0.717) is 5.01 Å². The fourth-order valence-corrected chi connectivity index (χ4v) is 1.81. The topological polar surface area (TPSA) is 22.1 Å². The van der Waals surface area contributed by atoms with Crippen LogP contribution in [0.2, 0.25) is 0 Å². The number of thiazole rings is 1. The molecule has 0 saturated heterocycles. The Morgan fingerprint density at radius 2 is 2.19 bits per heavy atom. The number of hydrogen-bond acceptors (Lipinski definition) is 3. The summed E-state index contributed by atoms with van der Waals surface area (Å²) in [6, 6.07) is 6.86. The van der Waals surface area contributed by atoms with Gasteiger partial charge in [0.25, 0.3) is 0 Å². The molecule has 1 heterocycles. The van der Waals surface area contributed by atoms with E-state index in [0.717, 1.165) is 0 Å². The molecule has 0 atom stereocenters. The maximum Gasteiger partial charge on any atom is 0.573 e. The Labute approximate surface area is 93.3 Å². The fraction of sp³-hybridized carbons (Fsp3) is 0.100. The van der Waals surface area contributed by atoms with Crippen LogP contribution in [0.3, 0.4) is 0 Å². The van der Waals surface area contributed by atoms with Crippen LogP contribution in [0, 0.1) is 6.07 Å². The van der Waals surface area contributed by atoms with Gasteiger partial charge in [-0.2, -0.15) is 0 Å². The molecule has 0 N–H and O–H groups in total. The second kappa shape index (κ2) is 4.13. The molecule has 83 valence electrons. The number of aromatic nitrogens is 1. The van der Waals surface area contributed by atoms with E-state index in [1.807, 2.05) is 0 Å². The van der Waals surface area contributed by atoms with Gasteiger partial charge >= 0.3 is 6.36 Å². The highest BCUT2D eigenvalue weighted by molar-refractivity contribution is 7.13. The van der Waals surface area contributed by atoms with Crippen molar-refractivity contribution in [1.82, 2.24) is 4.98 Å². The summed E-state index contributed by atoms with van der Waals surface area (Å²) in [6.07, 6.45) is -3.20. The lowest BCUT2D eigenvalue weighted by atomic mass is 10.2. The molecule has 6 heteroatoms. The van der Waals surface area contributed by atoms with Gasteiger partial charge in [0.05, 0.1) is 5.56 Å². The molecule has 0 unspecified atom stereocenters. The van der Waals surface area contributed by atoms with E-state index in [1.165, 1.54) is 29.7 Å². The minimum Gasteiger partial charge on any atom is -0.404 e. The predicted octanol–water partition coefficient (Wildman–Crippen LogP) is 3.51. The lowest BCUT2D eigenvalue weighted by molar-refractivity contribution is -0.274. The summed E-state index contributed by atoms with van der Waals surface area (Å²) in [5.74, 6) is -0.357. The Kier molecular flexibility index (Phi) is 2.82. The monoisotopic (exact) mass is 244 g/mol. The number of para-hydroxylation sites is 1. The molecule has 16 heavy (non-hydrogen) atoms. The third-order valence-electron chi connectivity index (χ3n) is 1.70. The second-order valence-electron chi connectivity index (χ2n) is 2.80. The normalized spacial score (nSPS) is 11.4. The number of rotatable bonds is 2. The summed E-state index contributed by atoms with van der Waals surface area (Å²) >= 11 is 1.24. The molecule has 1 aromatic heterocycles. The Morgan fingerprint density at radius 3 is 2.81 bits per heavy atom. The molecule has 0 aliphatic carbocycles. The van der Waals surface area contributed by atoms with Crippen LogP contribution < -0.4 is 4.74 Å². The van der Waals surface area contributed by atoms with Crippen LogP contribution in [0.25, 0.3) is 10.6 Å². The fourth-order valence-electron chi connectivity index (χ4n) is 1.15. The summed E-state index contributed by atoms with van der Waals surface area (Å²) in [5, 5.41) is 2.15. The molecule has 0 aliphatic rings. The van der Waals surface area contributed by atoms with Gasteiger partial charge in [-0.15, -0.1) is 24.5 Å². The summed E-state index contributed by atoms with van der Waals surface area (Å²) in [4.78, 5) is 3.93. The van der Waals surface area contributed by atoms with E-state index in [4.69, 9.17) is 0 Å². The van der Waals surface area contributed by atoms with Gasteiger partial charge in [0.2, 0.25) is 0 Å². The van der Waals surface area contributed by atoms with Crippen LogP contribution in [-0.2, 0) is 0 Å². The molecule has 2 nitrogen and oxygen atoms in total. The first kappa shape index (κ1) is 10.9. The molecule has 0 saturated carbocycles. The van der Waals surface area contributed by atoms with Crippen molar-refractivity contribution in [2.24, 2.45) is 0 Å². The van der Waals surface area contributed by atoms with Crippen molar-refractivity contribution in [3.8, 4) is 16.3 Å². The summed E-state index contributed by atoms with van der Waals surface area (Å²) in [6.45, 7) is 0. The highest BCUT2D eigenvalue weighted by Crippen LogP contribution is 2.33. The van der Waals surface area contributed by atoms with Crippen molar-refractivity contribution >= 4 is 11.3 Å². The average Bonchev–Trinajstić information content (AvgIpc) is 2.69. The van der Waals surface area contributed by atoms with Gasteiger partial charge in [-0.3, -0.25) is 0 Å². The smallest absolute Gasteiger partial charge is 0.404 e. The van der Waals surface area contributed by atoms with Crippen LogP contribution in [0.5, 0.6) is 5.75 Å². The molecule has 1 radical (unpaired) electrons. The molecule has 0 bridgehead atoms. The molecule has 0 amide bonds. The first-order chi connectivity index (χ1) is 7.56. The zero-order valence-electron chi connectivity index (χ0n) is 7.78. The third kappa shape index (κ3) is 2.52. The zero-order valence-corrected chi connectivity index (χ0v) is 8.60. The molecule has 2 aromatic rings. The number of benzene rings is 1. The summed E-state index contributed by atoms with van der Waals surface area (Å²) in [7, 11) is 0. The SMILES string of the molecule is FC(F)(F)Oc1[c]cccc1-c1nccs1. The number of hydrogen-bond donors (Lipinski definition) is 0. The largest absolute Gasteiger partial charge is 0.573 e. The maximum atomic E-state index is 12.1. The highest BCUT2D eigenvalue weighted by atomic mass is 32.1. The molecule has 0 fully saturated rings. The van der Waals surface area contributed by atoms with Crippen molar-refractivity contribution in [1.29, 1.82) is 0 Å². The number of alkyl halides is 3. The van der Waals surface area contributed by atoms with Gasteiger partial charge in [0.15, 0.2) is 0 Å². The van der Waals surface area contributed by atoms with E-state index >= 15 is 0 Å². The highest BCUT2D eigenvalue weighted by Gasteiger charge is 2.32. The molecular formula is C10H5F3NOS. The van der Waals surface area contributed by atoms with Gasteiger partial charge in [-0.25, -0.2) is 4.98 Å². The Bertz CT molecular complexity index is 467. The minimum atomic E-state index is -4.72. The van der Waals surface area contributed by atoms with E-state index in [1.54, 1.807) is 11.4 Å². The number of nitrogens with zero attached hydrogens (tertiary/aromatic N) is 1. The van der Waals surface area contributed by atoms with Gasteiger partial charge in [0, 0.05) is 17.6 Å². The number of ether oxygens (including phenoxy) is 1. The maximum absolute atomic E-state index is 12.1. The van der Waals surface area contributed by atoms with Gasteiger partial charge in [0.1, 0.15) is 10.8 Å². The van der Waals surface area contributed by atoms with Crippen molar-refractivity contribution < 1.29 is 17.9 Å². The van der Waals surface area contributed by atoms with Crippen LogP contribution >= 0.6 is 11.3 Å². The molecule has 1 aromatic carbocycles. The lowest BCUT2D eigenvalue weighted by Crippen LogP contribution is -2.17. The van der Waals surface area contributed by atoms with Crippen LogP contribution in [-0.4, -0.2) is 11.3 Å². The van der Waals surface area contributed by atoms with Crippen LogP contribution in [0.1, 0.15) is 0 Å². The van der Waals surface area contributed by atoms with Crippen molar-refractivity contribution in [3.63, 3.8) is 0 Å². The van der Waals surface area contributed by atoms with Gasteiger partial charge in [-0.05, 0) is 6.07 Å². The van der Waals surface area contributed by atoms with Crippen molar-refractivity contribution in [3.05, 3.63) is 35.8 Å². The van der Waals surface area contributed by atoms with Gasteiger partial charge in [-0.1, -0.05) is 12.1 Å². The Morgan fingerprint density at radius 1 is 1.38 bits per heavy atom. The van der Waals surface area contributed by atoms with Crippen molar-refractivity contribution in [2.75, 3.05) is 0 Å². The van der Waals surface area contributed by atoms with E-state index in [-0.39, 0.29) is 11.3 Å². The lowest BCUT2D eigenvalue weighted by Gasteiger charge is -2.11. The minimum absolute atomic E-state index is 0.287. The third-order valence-corrected chi connectivity index (χ3v) is 2.51. The number of halogens is 3. The van der Waals surface area contributed by atoms with Crippen LogP contribution in [0.15, 0.2) is 29.8 Å². The van der Waals surface area contributed by atoms with E-state index in [2.05, 4.69) is 15.8 Å². The summed E-state index contributed by atoms with van der Waals surface area (Å²) < 4.78 is 40.2. The molecule has 0 spiro atoms.